The Morgan fingerprint density at radius 3 is 2.56 bits per heavy atom. The average molecular weight is 473 g/mol. The van der Waals surface area contributed by atoms with Crippen molar-refractivity contribution in [1.82, 2.24) is 9.55 Å². The highest BCUT2D eigenvalue weighted by Crippen LogP contribution is 2.33. The Morgan fingerprint density at radius 1 is 1.07 bits per heavy atom. The number of para-hydroxylation sites is 2. The molecule has 1 unspecified atom stereocenters. The number of nitrogens with zero attached hydrogens (tertiary/aromatic N) is 2. The first kappa shape index (κ1) is 17.8. The van der Waals surface area contributed by atoms with Gasteiger partial charge in [0.05, 0.1) is 16.7 Å². The van der Waals surface area contributed by atoms with Crippen molar-refractivity contribution >= 4 is 39.3 Å². The largest absolute Gasteiger partial charge is 0.473 e. The van der Waals surface area contributed by atoms with E-state index in [0.29, 0.717) is 11.4 Å². The number of hydrogen-bond acceptors (Lipinski definition) is 3. The third kappa shape index (κ3) is 3.49. The van der Waals surface area contributed by atoms with E-state index in [4.69, 9.17) is 10.5 Å². The predicted octanol–water partition coefficient (Wildman–Crippen LogP) is 5.57. The quantitative estimate of drug-likeness (QED) is 0.240. The number of nitrogens with two attached hydrogens (primary N) is 1. The van der Waals surface area contributed by atoms with Gasteiger partial charge in [-0.3, -0.25) is 4.57 Å². The number of benzene rings is 3. The number of alkyl halides is 1. The smallest absolute Gasteiger partial charge is 0.174 e. The summed E-state index contributed by atoms with van der Waals surface area (Å²) in [6, 6.07) is 19.9. The Kier molecular flexibility index (Phi) is 4.73. The first-order valence-corrected chi connectivity index (χ1v) is 9.67. The zero-order valence-electron chi connectivity index (χ0n) is 14.6. The number of imidazole rings is 1. The SMILES string of the molecule is Cc1nc2cc(C(I)Oc3ccccc3N)ccc2n1-c1ccc(F)cc1. The summed E-state index contributed by atoms with van der Waals surface area (Å²) in [5.41, 5.74) is 10.3. The maximum Gasteiger partial charge on any atom is 0.174 e. The molecule has 0 radical (unpaired) electrons. The second kappa shape index (κ2) is 7.19. The summed E-state index contributed by atoms with van der Waals surface area (Å²) in [4.78, 5) is 4.67. The standard InChI is InChI=1S/C21H17FIN3O/c1-13-25-18-12-14(21(23)27-20-5-3-2-4-17(20)24)6-11-19(18)26(13)16-9-7-15(22)8-10-16/h2-12,21H,24H2,1H3. The van der Waals surface area contributed by atoms with Crippen molar-refractivity contribution in [1.29, 1.82) is 0 Å². The molecule has 4 rings (SSSR count). The van der Waals surface area contributed by atoms with E-state index >= 15 is 0 Å². The number of hydrogen-bond donors (Lipinski definition) is 1. The zero-order valence-corrected chi connectivity index (χ0v) is 16.7. The van der Waals surface area contributed by atoms with Gasteiger partial charge < -0.3 is 10.5 Å². The van der Waals surface area contributed by atoms with Gasteiger partial charge in [-0.1, -0.05) is 18.2 Å². The van der Waals surface area contributed by atoms with E-state index in [-0.39, 0.29) is 9.93 Å². The van der Waals surface area contributed by atoms with Crippen LogP contribution in [0.3, 0.4) is 0 Å². The van der Waals surface area contributed by atoms with Gasteiger partial charge in [0.15, 0.2) is 4.11 Å². The molecule has 0 saturated heterocycles. The highest BCUT2D eigenvalue weighted by Gasteiger charge is 2.15. The Bertz CT molecular complexity index is 1110. The number of halogens is 2. The van der Waals surface area contributed by atoms with Crippen molar-refractivity contribution in [2.45, 2.75) is 11.0 Å². The molecule has 3 aromatic carbocycles. The fourth-order valence-corrected chi connectivity index (χ4v) is 3.70. The molecule has 0 amide bonds. The van der Waals surface area contributed by atoms with Gasteiger partial charge in [0.2, 0.25) is 0 Å². The summed E-state index contributed by atoms with van der Waals surface area (Å²) in [5, 5.41) is 0. The molecule has 0 aliphatic rings. The van der Waals surface area contributed by atoms with Crippen LogP contribution >= 0.6 is 22.6 Å². The molecule has 0 saturated carbocycles. The maximum atomic E-state index is 13.2. The van der Waals surface area contributed by atoms with Crippen molar-refractivity contribution in [3.63, 3.8) is 0 Å². The van der Waals surface area contributed by atoms with E-state index in [9.17, 15) is 4.39 Å². The lowest BCUT2D eigenvalue weighted by atomic mass is 10.2. The second-order valence-electron chi connectivity index (χ2n) is 6.19. The van der Waals surface area contributed by atoms with Gasteiger partial charge in [-0.05, 0) is 78.0 Å². The molecule has 4 nitrogen and oxygen atoms in total. The number of fused-ring (bicyclic) bond motifs is 1. The van der Waals surface area contributed by atoms with Crippen LogP contribution in [-0.2, 0) is 0 Å². The fourth-order valence-electron chi connectivity index (χ4n) is 3.04. The van der Waals surface area contributed by atoms with Gasteiger partial charge in [0.25, 0.3) is 0 Å². The molecule has 0 bridgehead atoms. The molecule has 0 spiro atoms. The summed E-state index contributed by atoms with van der Waals surface area (Å²) < 4.78 is 21.1. The molecular formula is C21H17FIN3O. The van der Waals surface area contributed by atoms with Crippen LogP contribution in [0.2, 0.25) is 0 Å². The third-order valence-electron chi connectivity index (χ3n) is 4.34. The fraction of sp³-hybridized carbons (Fsp3) is 0.0952. The topological polar surface area (TPSA) is 53.1 Å². The van der Waals surface area contributed by atoms with E-state index in [0.717, 1.165) is 28.1 Å². The normalized spacial score (nSPS) is 12.3. The molecular weight excluding hydrogens is 456 g/mol. The van der Waals surface area contributed by atoms with Crippen molar-refractivity contribution in [3.8, 4) is 11.4 Å². The molecule has 1 atom stereocenters. The second-order valence-corrected chi connectivity index (χ2v) is 7.32. The molecule has 27 heavy (non-hydrogen) atoms. The van der Waals surface area contributed by atoms with Crippen LogP contribution in [0.25, 0.3) is 16.7 Å². The Labute approximate surface area is 169 Å². The minimum atomic E-state index is -0.256. The Hall–Kier alpha value is -2.61. The number of nitrogen functional groups attached to an aromatic ring is 1. The number of aromatic nitrogens is 2. The van der Waals surface area contributed by atoms with Gasteiger partial charge in [-0.25, -0.2) is 9.37 Å². The first-order chi connectivity index (χ1) is 13.0. The van der Waals surface area contributed by atoms with E-state index < -0.39 is 0 Å². The van der Waals surface area contributed by atoms with Crippen LogP contribution in [0, 0.1) is 12.7 Å². The van der Waals surface area contributed by atoms with E-state index in [1.165, 1.54) is 12.1 Å². The van der Waals surface area contributed by atoms with Crippen molar-refractivity contribution in [3.05, 3.63) is 83.9 Å². The predicted molar refractivity (Wildman–Crippen MR) is 114 cm³/mol. The molecule has 136 valence electrons. The molecule has 0 fully saturated rings. The average Bonchev–Trinajstić information content (AvgIpc) is 2.99. The summed E-state index contributed by atoms with van der Waals surface area (Å²) >= 11 is 2.24. The van der Waals surface area contributed by atoms with Gasteiger partial charge in [0, 0.05) is 11.3 Å². The zero-order chi connectivity index (χ0) is 19.0. The lowest BCUT2D eigenvalue weighted by Crippen LogP contribution is -2.02. The Morgan fingerprint density at radius 2 is 1.81 bits per heavy atom. The van der Waals surface area contributed by atoms with Gasteiger partial charge in [-0.2, -0.15) is 0 Å². The highest BCUT2D eigenvalue weighted by atomic mass is 127. The third-order valence-corrected chi connectivity index (χ3v) is 5.32. The van der Waals surface area contributed by atoms with Gasteiger partial charge in [0.1, 0.15) is 17.4 Å². The van der Waals surface area contributed by atoms with Crippen molar-refractivity contribution in [2.75, 3.05) is 5.73 Å². The van der Waals surface area contributed by atoms with Gasteiger partial charge in [-0.15, -0.1) is 0 Å². The van der Waals surface area contributed by atoms with E-state index in [1.807, 2.05) is 54.0 Å². The molecule has 0 aliphatic carbocycles. The van der Waals surface area contributed by atoms with Crippen LogP contribution in [0.4, 0.5) is 10.1 Å². The van der Waals surface area contributed by atoms with Crippen molar-refractivity contribution in [2.24, 2.45) is 0 Å². The number of ether oxygens (including phenoxy) is 1. The van der Waals surface area contributed by atoms with Crippen LogP contribution < -0.4 is 10.5 Å². The molecule has 1 aromatic heterocycles. The van der Waals surface area contributed by atoms with Crippen LogP contribution in [0.5, 0.6) is 5.75 Å². The van der Waals surface area contributed by atoms with Crippen LogP contribution in [0.15, 0.2) is 66.7 Å². The summed E-state index contributed by atoms with van der Waals surface area (Å²) in [6.45, 7) is 1.94. The first-order valence-electron chi connectivity index (χ1n) is 8.43. The number of rotatable bonds is 4. The molecule has 0 aliphatic heterocycles. The summed E-state index contributed by atoms with van der Waals surface area (Å²) in [7, 11) is 0. The highest BCUT2D eigenvalue weighted by molar-refractivity contribution is 14.1. The lowest BCUT2D eigenvalue weighted by Gasteiger charge is -2.15. The Balaban J connectivity index is 1.69. The van der Waals surface area contributed by atoms with Crippen LogP contribution in [0.1, 0.15) is 15.5 Å². The van der Waals surface area contributed by atoms with E-state index in [1.54, 1.807) is 12.1 Å². The number of anilines is 1. The minimum absolute atomic E-state index is 0.201. The van der Waals surface area contributed by atoms with E-state index in [2.05, 4.69) is 27.6 Å². The van der Waals surface area contributed by atoms with Crippen molar-refractivity contribution < 1.29 is 9.13 Å². The molecule has 4 aromatic rings. The minimum Gasteiger partial charge on any atom is -0.473 e. The number of aryl methyl sites for hydroxylation is 1. The summed E-state index contributed by atoms with van der Waals surface area (Å²) in [6.07, 6.45) is 0. The van der Waals surface area contributed by atoms with Gasteiger partial charge >= 0.3 is 0 Å². The molecule has 2 N–H and O–H groups in total. The molecule has 1 heterocycles. The maximum absolute atomic E-state index is 13.2. The monoisotopic (exact) mass is 473 g/mol. The van der Waals surface area contributed by atoms with Crippen LogP contribution in [-0.4, -0.2) is 9.55 Å². The lowest BCUT2D eigenvalue weighted by molar-refractivity contribution is 0.312. The molecule has 6 heteroatoms. The summed E-state index contributed by atoms with van der Waals surface area (Å²) in [5.74, 6) is 1.24.